The molecule has 0 spiro atoms. The van der Waals surface area contributed by atoms with Crippen molar-refractivity contribution in [1.82, 2.24) is 9.80 Å². The van der Waals surface area contributed by atoms with E-state index >= 15 is 0 Å². The third kappa shape index (κ3) is 5.06. The van der Waals surface area contributed by atoms with Crippen molar-refractivity contribution >= 4 is 0 Å². The van der Waals surface area contributed by atoms with Crippen LogP contribution in [-0.4, -0.2) is 48.6 Å². The van der Waals surface area contributed by atoms with E-state index in [0.29, 0.717) is 0 Å². The van der Waals surface area contributed by atoms with Crippen molar-refractivity contribution in [3.63, 3.8) is 0 Å². The fourth-order valence-electron chi connectivity index (χ4n) is 2.34. The highest BCUT2D eigenvalue weighted by Gasteiger charge is 2.22. The summed E-state index contributed by atoms with van der Waals surface area (Å²) in [5, 5.41) is 9.15. The first-order valence-corrected chi connectivity index (χ1v) is 7.03. The molecule has 1 aliphatic rings. The van der Waals surface area contributed by atoms with E-state index in [1.54, 1.807) is 0 Å². The molecule has 0 aromatic rings. The zero-order valence-corrected chi connectivity index (χ0v) is 11.7. The first-order chi connectivity index (χ1) is 8.17. The lowest BCUT2D eigenvalue weighted by Crippen LogP contribution is -2.50. The summed E-state index contributed by atoms with van der Waals surface area (Å²) >= 11 is 0. The van der Waals surface area contributed by atoms with E-state index < -0.39 is 0 Å². The van der Waals surface area contributed by atoms with Crippen LogP contribution in [-0.2, 0) is 0 Å². The van der Waals surface area contributed by atoms with Crippen LogP contribution >= 0.6 is 0 Å². The van der Waals surface area contributed by atoms with Gasteiger partial charge in [0.15, 0.2) is 0 Å². The van der Waals surface area contributed by atoms with Gasteiger partial charge in [-0.05, 0) is 25.3 Å². The molecule has 1 fully saturated rings. The molecule has 3 heteroatoms. The number of hydrogen-bond acceptors (Lipinski definition) is 3. The number of piperazine rings is 1. The average molecular weight is 237 g/mol. The van der Waals surface area contributed by atoms with Crippen LogP contribution in [0, 0.1) is 17.2 Å². The predicted octanol–water partition coefficient (Wildman–Crippen LogP) is 2.34. The van der Waals surface area contributed by atoms with E-state index in [1.807, 2.05) is 0 Å². The molecule has 0 aromatic heterocycles. The molecule has 1 rings (SSSR count). The maximum Gasteiger partial charge on any atom is 0.0978 e. The number of nitrogens with zero attached hydrogens (tertiary/aromatic N) is 3. The van der Waals surface area contributed by atoms with Gasteiger partial charge in [0.1, 0.15) is 0 Å². The summed E-state index contributed by atoms with van der Waals surface area (Å²) in [5.41, 5.74) is 0. The minimum atomic E-state index is 0.146. The number of hydrogen-bond donors (Lipinski definition) is 0. The van der Waals surface area contributed by atoms with Gasteiger partial charge < -0.3 is 4.90 Å². The predicted molar refractivity (Wildman–Crippen MR) is 71.8 cm³/mol. The van der Waals surface area contributed by atoms with Gasteiger partial charge in [0.25, 0.3) is 0 Å². The van der Waals surface area contributed by atoms with Gasteiger partial charge in [-0.1, -0.05) is 27.2 Å². The second-order valence-electron chi connectivity index (χ2n) is 5.49. The fraction of sp³-hybridized carbons (Fsp3) is 0.929. The second kappa shape index (κ2) is 7.68. The Morgan fingerprint density at radius 1 is 1.12 bits per heavy atom. The first kappa shape index (κ1) is 14.5. The van der Waals surface area contributed by atoms with E-state index in [9.17, 15) is 0 Å². The van der Waals surface area contributed by atoms with Crippen LogP contribution in [0.5, 0.6) is 0 Å². The molecular weight excluding hydrogens is 210 g/mol. The molecule has 0 aromatic carbocycles. The van der Waals surface area contributed by atoms with Crippen molar-refractivity contribution in [3.05, 3.63) is 0 Å². The molecule has 0 amide bonds. The number of rotatable bonds is 6. The third-order valence-electron chi connectivity index (χ3n) is 3.58. The van der Waals surface area contributed by atoms with Gasteiger partial charge >= 0.3 is 0 Å². The molecule has 0 aliphatic carbocycles. The largest absolute Gasteiger partial charge is 0.301 e. The molecule has 0 radical (unpaired) electrons. The zero-order chi connectivity index (χ0) is 12.7. The monoisotopic (exact) mass is 237 g/mol. The Hall–Kier alpha value is -0.590. The van der Waals surface area contributed by atoms with Gasteiger partial charge in [-0.2, -0.15) is 5.26 Å². The van der Waals surface area contributed by atoms with Crippen molar-refractivity contribution in [2.45, 2.75) is 46.1 Å². The Morgan fingerprint density at radius 3 is 2.24 bits per heavy atom. The van der Waals surface area contributed by atoms with Crippen LogP contribution in [0.15, 0.2) is 0 Å². The molecule has 0 N–H and O–H groups in total. The van der Waals surface area contributed by atoms with E-state index in [-0.39, 0.29) is 6.04 Å². The minimum Gasteiger partial charge on any atom is -0.301 e. The van der Waals surface area contributed by atoms with Crippen molar-refractivity contribution in [3.8, 4) is 6.07 Å². The topological polar surface area (TPSA) is 30.3 Å². The lowest BCUT2D eigenvalue weighted by Gasteiger charge is -2.37. The highest BCUT2D eigenvalue weighted by atomic mass is 15.3. The van der Waals surface area contributed by atoms with Gasteiger partial charge in [-0.15, -0.1) is 0 Å². The Kier molecular flexibility index (Phi) is 6.54. The van der Waals surface area contributed by atoms with Crippen molar-refractivity contribution < 1.29 is 0 Å². The number of nitriles is 1. The third-order valence-corrected chi connectivity index (χ3v) is 3.58. The van der Waals surface area contributed by atoms with Crippen molar-refractivity contribution in [2.24, 2.45) is 5.92 Å². The van der Waals surface area contributed by atoms with Gasteiger partial charge in [0.2, 0.25) is 0 Å². The summed E-state index contributed by atoms with van der Waals surface area (Å²) < 4.78 is 0. The maximum atomic E-state index is 9.15. The molecule has 1 unspecified atom stereocenters. The van der Waals surface area contributed by atoms with Crippen LogP contribution in [0.1, 0.15) is 40.0 Å². The molecule has 3 nitrogen and oxygen atoms in total. The van der Waals surface area contributed by atoms with Crippen LogP contribution < -0.4 is 0 Å². The lowest BCUT2D eigenvalue weighted by molar-refractivity contribution is 0.107. The quantitative estimate of drug-likeness (QED) is 0.710. The van der Waals surface area contributed by atoms with E-state index in [0.717, 1.165) is 44.9 Å². The van der Waals surface area contributed by atoms with E-state index in [1.165, 1.54) is 13.0 Å². The minimum absolute atomic E-state index is 0.146. The Morgan fingerprint density at radius 2 is 1.76 bits per heavy atom. The summed E-state index contributed by atoms with van der Waals surface area (Å²) in [7, 11) is 0. The molecular formula is C14H27N3. The molecule has 0 saturated carbocycles. The SMILES string of the molecule is CCCC(C#N)N1CCN(CCC(C)C)CC1. The summed E-state index contributed by atoms with van der Waals surface area (Å²) in [6.07, 6.45) is 3.41. The molecule has 17 heavy (non-hydrogen) atoms. The smallest absolute Gasteiger partial charge is 0.0978 e. The lowest BCUT2D eigenvalue weighted by atomic mass is 10.1. The molecule has 1 saturated heterocycles. The van der Waals surface area contributed by atoms with Crippen LogP contribution in [0.3, 0.4) is 0 Å². The highest BCUT2D eigenvalue weighted by Crippen LogP contribution is 2.11. The summed E-state index contributed by atoms with van der Waals surface area (Å²) in [4.78, 5) is 4.90. The molecule has 1 heterocycles. The van der Waals surface area contributed by atoms with Crippen LogP contribution in [0.25, 0.3) is 0 Å². The van der Waals surface area contributed by atoms with Gasteiger partial charge in [-0.3, -0.25) is 4.90 Å². The van der Waals surface area contributed by atoms with Crippen molar-refractivity contribution in [1.29, 1.82) is 5.26 Å². The molecule has 1 atom stereocenters. The fourth-order valence-corrected chi connectivity index (χ4v) is 2.34. The van der Waals surface area contributed by atoms with Crippen molar-refractivity contribution in [2.75, 3.05) is 32.7 Å². The normalized spacial score (nSPS) is 20.4. The van der Waals surface area contributed by atoms with E-state index in [2.05, 4.69) is 36.6 Å². The van der Waals surface area contributed by atoms with Gasteiger partial charge in [-0.25, -0.2) is 0 Å². The highest BCUT2D eigenvalue weighted by molar-refractivity contribution is 4.93. The zero-order valence-electron chi connectivity index (χ0n) is 11.7. The van der Waals surface area contributed by atoms with Crippen LogP contribution in [0.4, 0.5) is 0 Å². The van der Waals surface area contributed by atoms with Gasteiger partial charge in [0.05, 0.1) is 12.1 Å². The van der Waals surface area contributed by atoms with E-state index in [4.69, 9.17) is 5.26 Å². The first-order valence-electron chi connectivity index (χ1n) is 7.03. The van der Waals surface area contributed by atoms with Gasteiger partial charge in [0, 0.05) is 26.2 Å². The second-order valence-corrected chi connectivity index (χ2v) is 5.49. The summed E-state index contributed by atoms with van der Waals surface area (Å²) in [6, 6.07) is 2.59. The summed E-state index contributed by atoms with van der Waals surface area (Å²) in [6.45, 7) is 12.3. The standard InChI is InChI=1S/C14H27N3/c1-4-5-14(12-15)17-10-8-16(9-11-17)7-6-13(2)3/h13-14H,4-11H2,1-3H3. The molecule has 0 bridgehead atoms. The van der Waals surface area contributed by atoms with Crippen LogP contribution in [0.2, 0.25) is 0 Å². The summed E-state index contributed by atoms with van der Waals surface area (Å²) in [5.74, 6) is 0.792. The average Bonchev–Trinajstić information content (AvgIpc) is 2.34. The maximum absolute atomic E-state index is 9.15. The molecule has 1 aliphatic heterocycles. The Bertz CT molecular complexity index is 236. The Balaban J connectivity index is 2.27. The Labute approximate surface area is 106 Å². The molecule has 98 valence electrons.